The normalized spacial score (nSPS) is 10.6. The van der Waals surface area contributed by atoms with Gasteiger partial charge in [0.15, 0.2) is 31.3 Å². The van der Waals surface area contributed by atoms with Crippen LogP contribution in [0.25, 0.3) is 16.8 Å². The number of hydrogen-bond donors (Lipinski definition) is 2. The molecule has 2 aromatic heterocycles. The van der Waals surface area contributed by atoms with E-state index in [1.165, 1.54) is 0 Å². The second kappa shape index (κ2) is 8.59. The first-order chi connectivity index (χ1) is 15.0. The van der Waals surface area contributed by atoms with Crippen molar-refractivity contribution >= 4 is 11.9 Å². The number of carboxylic acids is 2. The first-order valence-electron chi connectivity index (χ1n) is 9.66. The summed E-state index contributed by atoms with van der Waals surface area (Å²) in [5, 5.41) is 18.0. The quantitative estimate of drug-likeness (QED) is 0.476. The molecule has 0 spiro atoms. The van der Waals surface area contributed by atoms with Crippen LogP contribution in [0.4, 0.5) is 0 Å². The summed E-state index contributed by atoms with van der Waals surface area (Å²) in [6.45, 7) is 0.654. The molecule has 6 heteroatoms. The van der Waals surface area contributed by atoms with E-state index in [1.807, 2.05) is 70.3 Å². The highest BCUT2D eigenvalue weighted by atomic mass is 16.4. The van der Waals surface area contributed by atoms with E-state index in [4.69, 9.17) is 10.2 Å². The third-order valence-electron chi connectivity index (χ3n) is 5.03. The van der Waals surface area contributed by atoms with E-state index in [2.05, 4.69) is 0 Å². The van der Waals surface area contributed by atoms with Gasteiger partial charge in [0.2, 0.25) is 5.69 Å². The minimum Gasteiger partial charge on any atom is -0.478 e. The number of carbonyl (C=O) groups is 2. The molecule has 0 bridgehead atoms. The van der Waals surface area contributed by atoms with Crippen molar-refractivity contribution in [2.45, 2.75) is 6.54 Å². The van der Waals surface area contributed by atoms with Crippen molar-refractivity contribution in [1.82, 2.24) is 0 Å². The summed E-state index contributed by atoms with van der Waals surface area (Å²) in [5.74, 6) is -1.87. The number of aromatic carboxylic acids is 2. The Bertz CT molecular complexity index is 1210. The van der Waals surface area contributed by atoms with Gasteiger partial charge in [-0.2, -0.15) is 4.57 Å². The highest BCUT2D eigenvalue weighted by Crippen LogP contribution is 2.16. The molecular weight excluding hydrogens is 392 g/mol. The predicted molar refractivity (Wildman–Crippen MR) is 113 cm³/mol. The Balaban J connectivity index is 1.46. The lowest BCUT2D eigenvalue weighted by Crippen LogP contribution is -2.33. The van der Waals surface area contributed by atoms with Gasteiger partial charge in [-0.15, -0.1) is 0 Å². The number of rotatable bonds is 6. The predicted octanol–water partition coefficient (Wildman–Crippen LogP) is 3.36. The van der Waals surface area contributed by atoms with Crippen molar-refractivity contribution in [3.63, 3.8) is 0 Å². The summed E-state index contributed by atoms with van der Waals surface area (Å²) in [6.07, 6.45) is 7.87. The molecular formula is C25H20N2O4+2. The first kappa shape index (κ1) is 20.0. The average molecular weight is 412 g/mol. The van der Waals surface area contributed by atoms with Crippen molar-refractivity contribution in [1.29, 1.82) is 0 Å². The Morgan fingerprint density at radius 3 is 1.55 bits per heavy atom. The average Bonchev–Trinajstić information content (AvgIpc) is 2.80. The lowest BCUT2D eigenvalue weighted by molar-refractivity contribution is -0.688. The molecule has 0 radical (unpaired) electrons. The molecule has 0 aliphatic carbocycles. The lowest BCUT2D eigenvalue weighted by Gasteiger charge is -2.02. The van der Waals surface area contributed by atoms with E-state index in [0.717, 1.165) is 22.4 Å². The molecule has 31 heavy (non-hydrogen) atoms. The number of aromatic nitrogens is 2. The molecule has 4 rings (SSSR count). The standard InChI is InChI=1S/C25H18N2O4/c28-24(29)21-3-1-18(2-4-21)17-26-13-9-19(10-14-26)20-11-15-27(16-12-20)23-7-5-22(6-8-23)25(30)31/h1-16H,17H2/p+2. The summed E-state index contributed by atoms with van der Waals surface area (Å²) in [6, 6.07) is 21.7. The zero-order chi connectivity index (χ0) is 21.8. The maximum Gasteiger partial charge on any atom is 0.335 e. The molecule has 0 saturated carbocycles. The van der Waals surface area contributed by atoms with Crippen molar-refractivity contribution in [3.8, 4) is 16.8 Å². The molecule has 0 aliphatic heterocycles. The molecule has 0 fully saturated rings. The van der Waals surface area contributed by atoms with Crippen LogP contribution in [0.5, 0.6) is 0 Å². The van der Waals surface area contributed by atoms with Crippen LogP contribution in [0.1, 0.15) is 26.3 Å². The topological polar surface area (TPSA) is 82.4 Å². The maximum absolute atomic E-state index is 11.0. The van der Waals surface area contributed by atoms with Gasteiger partial charge in [0.25, 0.3) is 0 Å². The maximum atomic E-state index is 11.0. The van der Waals surface area contributed by atoms with Gasteiger partial charge >= 0.3 is 11.9 Å². The summed E-state index contributed by atoms with van der Waals surface area (Å²) >= 11 is 0. The van der Waals surface area contributed by atoms with Gasteiger partial charge < -0.3 is 10.2 Å². The smallest absolute Gasteiger partial charge is 0.335 e. The third kappa shape index (κ3) is 4.64. The Morgan fingerprint density at radius 1 is 0.613 bits per heavy atom. The van der Waals surface area contributed by atoms with E-state index in [1.54, 1.807) is 36.4 Å². The largest absolute Gasteiger partial charge is 0.478 e. The molecule has 152 valence electrons. The van der Waals surface area contributed by atoms with Gasteiger partial charge in [0, 0.05) is 42.0 Å². The minimum atomic E-state index is -0.939. The zero-order valence-electron chi connectivity index (χ0n) is 16.6. The molecule has 0 amide bonds. The van der Waals surface area contributed by atoms with Crippen LogP contribution >= 0.6 is 0 Å². The van der Waals surface area contributed by atoms with Crippen LogP contribution < -0.4 is 9.13 Å². The van der Waals surface area contributed by atoms with Gasteiger partial charge in [0.1, 0.15) is 0 Å². The van der Waals surface area contributed by atoms with Gasteiger partial charge in [-0.1, -0.05) is 12.1 Å². The summed E-state index contributed by atoms with van der Waals surface area (Å²) < 4.78 is 3.96. The fraction of sp³-hybridized carbons (Fsp3) is 0.0400. The Labute approximate surface area is 178 Å². The molecule has 0 aliphatic rings. The number of carboxylic acid groups (broad SMARTS) is 2. The Morgan fingerprint density at radius 2 is 1.06 bits per heavy atom. The molecule has 2 heterocycles. The monoisotopic (exact) mass is 412 g/mol. The highest BCUT2D eigenvalue weighted by molar-refractivity contribution is 5.88. The van der Waals surface area contributed by atoms with Crippen LogP contribution in [0, 0.1) is 0 Å². The van der Waals surface area contributed by atoms with Crippen molar-refractivity contribution in [2.75, 3.05) is 0 Å². The fourth-order valence-corrected chi connectivity index (χ4v) is 3.29. The molecule has 0 atom stereocenters. The van der Waals surface area contributed by atoms with Crippen molar-refractivity contribution < 1.29 is 28.9 Å². The van der Waals surface area contributed by atoms with E-state index in [-0.39, 0.29) is 11.1 Å². The minimum absolute atomic E-state index is 0.261. The molecule has 0 unspecified atom stereocenters. The summed E-state index contributed by atoms with van der Waals surface area (Å²) in [5.41, 5.74) is 4.59. The molecule has 2 aromatic carbocycles. The molecule has 4 aromatic rings. The molecule has 6 nitrogen and oxygen atoms in total. The fourth-order valence-electron chi connectivity index (χ4n) is 3.29. The Hall–Kier alpha value is -4.32. The van der Waals surface area contributed by atoms with E-state index < -0.39 is 11.9 Å². The van der Waals surface area contributed by atoms with E-state index >= 15 is 0 Å². The van der Waals surface area contributed by atoms with Crippen molar-refractivity contribution in [2.24, 2.45) is 0 Å². The number of pyridine rings is 2. The Kier molecular flexibility index (Phi) is 5.53. The number of benzene rings is 2. The summed E-state index contributed by atoms with van der Waals surface area (Å²) in [4.78, 5) is 21.9. The SMILES string of the molecule is O=C(O)c1ccc(C[n+]2ccc(-c3cc[n+](-c4ccc(C(=O)O)cc4)cc3)cc2)cc1. The molecule has 0 saturated heterocycles. The second-order valence-corrected chi connectivity index (χ2v) is 7.11. The van der Waals surface area contributed by atoms with Crippen LogP contribution in [0.3, 0.4) is 0 Å². The van der Waals surface area contributed by atoms with Crippen LogP contribution in [-0.2, 0) is 6.54 Å². The van der Waals surface area contributed by atoms with Crippen LogP contribution in [-0.4, -0.2) is 22.2 Å². The number of nitrogens with zero attached hydrogens (tertiary/aromatic N) is 2. The summed E-state index contributed by atoms with van der Waals surface area (Å²) in [7, 11) is 0. The second-order valence-electron chi connectivity index (χ2n) is 7.11. The van der Waals surface area contributed by atoms with Crippen molar-refractivity contribution in [3.05, 3.63) is 114 Å². The van der Waals surface area contributed by atoms with Crippen LogP contribution in [0.2, 0.25) is 0 Å². The van der Waals surface area contributed by atoms with Crippen LogP contribution in [0.15, 0.2) is 97.6 Å². The van der Waals surface area contributed by atoms with Gasteiger partial charge in [-0.25, -0.2) is 14.2 Å². The third-order valence-corrected chi connectivity index (χ3v) is 5.03. The van der Waals surface area contributed by atoms with E-state index in [9.17, 15) is 9.59 Å². The number of hydrogen-bond acceptors (Lipinski definition) is 2. The molecule has 2 N–H and O–H groups in total. The lowest BCUT2D eigenvalue weighted by atomic mass is 10.1. The van der Waals surface area contributed by atoms with E-state index in [0.29, 0.717) is 6.54 Å². The first-order valence-corrected chi connectivity index (χ1v) is 9.66. The van der Waals surface area contributed by atoms with Gasteiger partial charge in [-0.3, -0.25) is 0 Å². The van der Waals surface area contributed by atoms with Gasteiger partial charge in [0.05, 0.1) is 11.1 Å². The van der Waals surface area contributed by atoms with Gasteiger partial charge in [-0.05, 0) is 35.4 Å². The highest BCUT2D eigenvalue weighted by Gasteiger charge is 2.10. The zero-order valence-corrected chi connectivity index (χ0v) is 16.6.